The lowest BCUT2D eigenvalue weighted by Crippen LogP contribution is -2.58. The van der Waals surface area contributed by atoms with Crippen LogP contribution in [-0.2, 0) is 18.3 Å². The summed E-state index contributed by atoms with van der Waals surface area (Å²) in [6.45, 7) is 6.13. The second kappa shape index (κ2) is 5.93. The highest BCUT2D eigenvalue weighted by molar-refractivity contribution is 5.44. The number of fused-ring (bicyclic) bond motifs is 4. The van der Waals surface area contributed by atoms with E-state index < -0.39 is 0 Å². The van der Waals surface area contributed by atoms with Gasteiger partial charge in [0.05, 0.1) is 6.85 Å². The first-order valence-electron chi connectivity index (χ1n) is 11.3. The third kappa shape index (κ3) is 2.53. The van der Waals surface area contributed by atoms with Crippen molar-refractivity contribution >= 4 is 0 Å². The normalized spacial score (nSPS) is 32.2. The van der Waals surface area contributed by atoms with E-state index in [1.165, 1.54) is 11.1 Å². The van der Waals surface area contributed by atoms with Gasteiger partial charge in [-0.05, 0) is 66.0 Å². The van der Waals surface area contributed by atoms with Crippen molar-refractivity contribution in [3.05, 3.63) is 65.1 Å². The summed E-state index contributed by atoms with van der Waals surface area (Å²) in [6, 6.07) is 5.02. The topological polar surface area (TPSA) is 23.5 Å². The molecule has 1 unspecified atom stereocenters. The Morgan fingerprint density at radius 3 is 2.88 bits per heavy atom. The molecule has 1 saturated heterocycles. The summed E-state index contributed by atoms with van der Waals surface area (Å²) in [7, 11) is 0. The Bertz CT molecular complexity index is 949. The minimum absolute atomic E-state index is 0.0181. The monoisotopic (exact) mass is 326 g/mol. The molecule has 4 rings (SSSR count). The Morgan fingerprint density at radius 1 is 1.29 bits per heavy atom. The van der Waals surface area contributed by atoms with Gasteiger partial charge in [-0.15, -0.1) is 0 Å². The van der Waals surface area contributed by atoms with E-state index in [1.54, 1.807) is 6.07 Å². The van der Waals surface area contributed by atoms with Crippen molar-refractivity contribution in [2.24, 2.45) is 5.92 Å². The van der Waals surface area contributed by atoms with Gasteiger partial charge in [-0.1, -0.05) is 50.1 Å². The van der Waals surface area contributed by atoms with Crippen molar-refractivity contribution in [1.29, 1.82) is 0 Å². The molecule has 1 aliphatic heterocycles. The van der Waals surface area contributed by atoms with Gasteiger partial charge in [-0.25, -0.2) is 0 Å². The number of benzene rings is 2. The lowest BCUT2D eigenvalue weighted by molar-refractivity contribution is 0.0322. The van der Waals surface area contributed by atoms with Gasteiger partial charge in [0, 0.05) is 12.6 Å². The largest absolute Gasteiger partial charge is 0.508 e. The van der Waals surface area contributed by atoms with Gasteiger partial charge in [-0.2, -0.15) is 0 Å². The number of phenolic OH excluding ortho intramolecular Hbond substituents is 1. The number of nitrogens with zero attached hydrogens (tertiary/aromatic N) is 1. The fourth-order valence-corrected chi connectivity index (χ4v) is 4.63. The third-order valence-corrected chi connectivity index (χ3v) is 6.31. The predicted molar refractivity (Wildman–Crippen MR) is 98.5 cm³/mol. The number of aromatic hydroxyl groups is 1. The van der Waals surface area contributed by atoms with Crippen LogP contribution in [0.5, 0.6) is 5.75 Å². The number of likely N-dealkylation sites (tertiary alicyclic amines) is 1. The molecule has 0 radical (unpaired) electrons. The van der Waals surface area contributed by atoms with Crippen LogP contribution in [0.3, 0.4) is 0 Å². The first kappa shape index (κ1) is 10.9. The molecular formula is C22H27NO. The molecule has 24 heavy (non-hydrogen) atoms. The van der Waals surface area contributed by atoms with Gasteiger partial charge < -0.3 is 5.11 Å². The number of hydrogen-bond donors (Lipinski definition) is 1. The van der Waals surface area contributed by atoms with Gasteiger partial charge >= 0.3 is 0 Å². The molecule has 1 heterocycles. The summed E-state index contributed by atoms with van der Waals surface area (Å²) in [4.78, 5) is 2.42. The SMILES string of the molecule is [2H]c1c([2H])c([2H])c(CCN2CC[C@]3(C)c4cc(O)ccc4CC2[C@@H]3C)c([2H])c1[2H]. The van der Waals surface area contributed by atoms with Gasteiger partial charge in [0.25, 0.3) is 0 Å². The molecular weight excluding hydrogens is 294 g/mol. The van der Waals surface area contributed by atoms with Crippen LogP contribution in [0.2, 0.25) is 0 Å². The summed E-state index contributed by atoms with van der Waals surface area (Å²) >= 11 is 0. The van der Waals surface area contributed by atoms with Crippen LogP contribution in [0.1, 0.15) is 43.8 Å². The molecule has 2 nitrogen and oxygen atoms in total. The summed E-state index contributed by atoms with van der Waals surface area (Å²) < 4.78 is 39.9. The van der Waals surface area contributed by atoms with E-state index in [0.717, 1.165) is 19.4 Å². The summed E-state index contributed by atoms with van der Waals surface area (Å²) in [5, 5.41) is 9.97. The van der Waals surface area contributed by atoms with Crippen molar-refractivity contribution in [2.75, 3.05) is 13.1 Å². The number of phenols is 1. The lowest BCUT2D eigenvalue weighted by Gasteiger charge is -2.54. The molecule has 2 aliphatic rings. The predicted octanol–water partition coefficient (Wildman–Crippen LogP) is 4.16. The molecule has 2 aromatic rings. The second-order valence-corrected chi connectivity index (χ2v) is 7.46. The first-order chi connectivity index (χ1) is 13.6. The minimum atomic E-state index is -0.335. The number of hydrogen-bond acceptors (Lipinski definition) is 2. The van der Waals surface area contributed by atoms with E-state index in [0.29, 0.717) is 36.2 Å². The molecule has 0 saturated carbocycles. The molecule has 126 valence electrons. The average molecular weight is 326 g/mol. The quantitative estimate of drug-likeness (QED) is 0.915. The standard InChI is InChI=1S/C22H27NO/c1-16-21-14-18-8-9-19(24)15-20(18)22(16,2)11-13-23(21)12-10-17-6-4-3-5-7-17/h3-9,15-16,21,24H,10-14H2,1-2H3/t16-,21?,22-/m0/s1/i3D,4D,5D,6D,7D. The zero-order valence-electron chi connectivity index (χ0n) is 19.3. The Labute approximate surface area is 152 Å². The zero-order chi connectivity index (χ0) is 21.1. The van der Waals surface area contributed by atoms with Crippen LogP contribution in [-0.4, -0.2) is 29.1 Å². The van der Waals surface area contributed by atoms with Crippen LogP contribution in [0.25, 0.3) is 0 Å². The Morgan fingerprint density at radius 2 is 2.08 bits per heavy atom. The van der Waals surface area contributed by atoms with Crippen molar-refractivity contribution in [3.63, 3.8) is 0 Å². The maximum Gasteiger partial charge on any atom is 0.115 e. The van der Waals surface area contributed by atoms with Crippen molar-refractivity contribution in [3.8, 4) is 5.75 Å². The van der Waals surface area contributed by atoms with Crippen LogP contribution in [0.4, 0.5) is 0 Å². The van der Waals surface area contributed by atoms with Crippen LogP contribution >= 0.6 is 0 Å². The minimum Gasteiger partial charge on any atom is -0.508 e. The Hall–Kier alpha value is -1.80. The number of rotatable bonds is 3. The summed E-state index contributed by atoms with van der Waals surface area (Å²) in [6.07, 6.45) is 2.33. The highest BCUT2D eigenvalue weighted by Crippen LogP contribution is 2.49. The van der Waals surface area contributed by atoms with Crippen LogP contribution in [0.15, 0.2) is 48.4 Å². The van der Waals surface area contributed by atoms with E-state index in [1.807, 2.05) is 12.1 Å². The molecule has 2 aromatic carbocycles. The molecule has 3 atom stereocenters. The first-order valence-corrected chi connectivity index (χ1v) is 8.77. The van der Waals surface area contributed by atoms with E-state index >= 15 is 0 Å². The molecule has 1 fully saturated rings. The van der Waals surface area contributed by atoms with E-state index in [4.69, 9.17) is 6.85 Å². The fraction of sp³-hybridized carbons (Fsp3) is 0.455. The highest BCUT2D eigenvalue weighted by Gasteiger charge is 2.48. The summed E-state index contributed by atoms with van der Waals surface area (Å²) in [5.41, 5.74) is 2.95. The molecule has 1 N–H and O–H groups in total. The Kier molecular flexibility index (Phi) is 2.70. The fourth-order valence-electron chi connectivity index (χ4n) is 4.63. The third-order valence-electron chi connectivity index (χ3n) is 6.31. The van der Waals surface area contributed by atoms with E-state index in [2.05, 4.69) is 18.7 Å². The smallest absolute Gasteiger partial charge is 0.115 e. The van der Waals surface area contributed by atoms with Gasteiger partial charge in [0.1, 0.15) is 5.75 Å². The molecule has 0 aromatic heterocycles. The van der Waals surface area contributed by atoms with Crippen molar-refractivity contribution in [2.45, 2.75) is 44.6 Å². The van der Waals surface area contributed by atoms with Gasteiger partial charge in [0.2, 0.25) is 0 Å². The van der Waals surface area contributed by atoms with Crippen LogP contribution in [0, 0.1) is 5.92 Å². The molecule has 0 amide bonds. The lowest BCUT2D eigenvalue weighted by atomic mass is 9.59. The molecule has 2 heteroatoms. The Balaban J connectivity index is 1.60. The highest BCUT2D eigenvalue weighted by atomic mass is 16.3. The maximum atomic E-state index is 9.97. The maximum absolute atomic E-state index is 9.97. The number of piperidine rings is 1. The van der Waals surface area contributed by atoms with Crippen molar-refractivity contribution < 1.29 is 12.0 Å². The molecule has 1 aliphatic carbocycles. The van der Waals surface area contributed by atoms with Crippen LogP contribution < -0.4 is 0 Å². The summed E-state index contributed by atoms with van der Waals surface area (Å²) in [5.74, 6) is 0.727. The van der Waals surface area contributed by atoms with Crippen molar-refractivity contribution in [1.82, 2.24) is 4.90 Å². The average Bonchev–Trinajstić information content (AvgIpc) is 2.69. The second-order valence-electron chi connectivity index (χ2n) is 7.46. The zero-order valence-corrected chi connectivity index (χ0v) is 14.3. The van der Waals surface area contributed by atoms with E-state index in [9.17, 15) is 5.11 Å². The van der Waals surface area contributed by atoms with E-state index in [-0.39, 0.29) is 35.6 Å². The molecule has 2 bridgehead atoms. The van der Waals surface area contributed by atoms with Gasteiger partial charge in [-0.3, -0.25) is 4.90 Å². The van der Waals surface area contributed by atoms with Gasteiger partial charge in [0.15, 0.2) is 0 Å². The molecule has 0 spiro atoms.